The zero-order valence-electron chi connectivity index (χ0n) is 10.8. The van der Waals surface area contributed by atoms with Crippen LogP contribution < -0.4 is 5.32 Å². The summed E-state index contributed by atoms with van der Waals surface area (Å²) in [6.07, 6.45) is 0. The topological polar surface area (TPSA) is 57.8 Å². The van der Waals surface area contributed by atoms with Crippen LogP contribution in [0, 0.1) is 5.82 Å². The number of aromatic nitrogens is 2. The van der Waals surface area contributed by atoms with Gasteiger partial charge in [-0.1, -0.05) is 24.3 Å². The molecule has 21 heavy (non-hydrogen) atoms. The van der Waals surface area contributed by atoms with Gasteiger partial charge in [-0.3, -0.25) is 9.89 Å². The summed E-state index contributed by atoms with van der Waals surface area (Å²) in [6, 6.07) is 9.82. The molecule has 2 N–H and O–H groups in total. The molecule has 3 aromatic rings. The normalized spacial score (nSPS) is 16.8. The number of nitrogens with zero attached hydrogens (tertiary/aromatic N) is 1. The highest BCUT2D eigenvalue weighted by Gasteiger charge is 2.37. The van der Waals surface area contributed by atoms with Gasteiger partial charge < -0.3 is 5.32 Å². The molecule has 1 aliphatic heterocycles. The number of hydrogen-bond donors (Lipinski definition) is 2. The van der Waals surface area contributed by atoms with E-state index >= 15 is 0 Å². The zero-order valence-corrected chi connectivity index (χ0v) is 11.6. The van der Waals surface area contributed by atoms with Crippen molar-refractivity contribution in [3.63, 3.8) is 0 Å². The fourth-order valence-electron chi connectivity index (χ4n) is 2.63. The standard InChI is InChI=1S/C15H10FN3OS/c16-9-5-2-1-4-8(9)12-11-13(10-6-3-7-21-10)18-19-14(11)15(20)17-12/h1-7,12H,(H,17,20)(H,18,19)/t12-/m1/s1. The first-order chi connectivity index (χ1) is 10.3. The molecular formula is C15H10FN3OS. The number of halogens is 1. The van der Waals surface area contributed by atoms with Gasteiger partial charge in [-0.2, -0.15) is 5.10 Å². The number of thiophene rings is 1. The highest BCUT2D eigenvalue weighted by Crippen LogP contribution is 2.38. The van der Waals surface area contributed by atoms with Crippen LogP contribution in [0.1, 0.15) is 27.7 Å². The summed E-state index contributed by atoms with van der Waals surface area (Å²) in [5, 5.41) is 11.7. The van der Waals surface area contributed by atoms with E-state index in [1.807, 2.05) is 17.5 Å². The molecule has 1 aliphatic rings. The number of carbonyl (C=O) groups is 1. The molecule has 0 spiro atoms. The molecule has 0 radical (unpaired) electrons. The van der Waals surface area contributed by atoms with Crippen LogP contribution in [0.4, 0.5) is 4.39 Å². The van der Waals surface area contributed by atoms with Crippen LogP contribution in [0.3, 0.4) is 0 Å². The first kappa shape index (κ1) is 12.3. The minimum Gasteiger partial charge on any atom is -0.339 e. The molecule has 1 amide bonds. The molecule has 1 atom stereocenters. The van der Waals surface area contributed by atoms with Crippen LogP contribution in [0.15, 0.2) is 41.8 Å². The molecule has 0 saturated carbocycles. The second-order valence-electron chi connectivity index (χ2n) is 4.77. The summed E-state index contributed by atoms with van der Waals surface area (Å²) in [6.45, 7) is 0. The Kier molecular flexibility index (Phi) is 2.65. The van der Waals surface area contributed by atoms with Crippen LogP contribution in [-0.2, 0) is 0 Å². The lowest BCUT2D eigenvalue weighted by molar-refractivity contribution is 0.0955. The second kappa shape index (κ2) is 4.53. The number of fused-ring (bicyclic) bond motifs is 1. The minimum absolute atomic E-state index is 0.280. The number of carbonyl (C=O) groups excluding carboxylic acids is 1. The molecule has 0 bridgehead atoms. The van der Waals surface area contributed by atoms with Crippen molar-refractivity contribution in [1.82, 2.24) is 15.5 Å². The first-order valence-corrected chi connectivity index (χ1v) is 7.31. The van der Waals surface area contributed by atoms with Gasteiger partial charge in [0.25, 0.3) is 5.91 Å². The molecule has 6 heteroatoms. The molecule has 4 nitrogen and oxygen atoms in total. The predicted octanol–water partition coefficient (Wildman–Crippen LogP) is 3.11. The second-order valence-corrected chi connectivity index (χ2v) is 5.71. The van der Waals surface area contributed by atoms with Gasteiger partial charge in [0.15, 0.2) is 5.69 Å². The monoisotopic (exact) mass is 299 g/mol. The molecule has 0 unspecified atom stereocenters. The molecule has 2 aromatic heterocycles. The summed E-state index contributed by atoms with van der Waals surface area (Å²) < 4.78 is 14.1. The van der Waals surface area contributed by atoms with Crippen LogP contribution in [0.25, 0.3) is 10.6 Å². The van der Waals surface area contributed by atoms with Crippen LogP contribution in [0.2, 0.25) is 0 Å². The highest BCUT2D eigenvalue weighted by molar-refractivity contribution is 7.13. The maximum absolute atomic E-state index is 14.1. The molecule has 0 aliphatic carbocycles. The molecular weight excluding hydrogens is 289 g/mol. The fraction of sp³-hybridized carbons (Fsp3) is 0.0667. The van der Waals surface area contributed by atoms with Gasteiger partial charge >= 0.3 is 0 Å². The van der Waals surface area contributed by atoms with Crippen molar-refractivity contribution in [2.24, 2.45) is 0 Å². The van der Waals surface area contributed by atoms with E-state index in [1.165, 1.54) is 6.07 Å². The molecule has 3 heterocycles. The van der Waals surface area contributed by atoms with Gasteiger partial charge in [0.2, 0.25) is 0 Å². The number of nitrogens with one attached hydrogen (secondary N) is 2. The molecule has 104 valence electrons. The van der Waals surface area contributed by atoms with E-state index in [0.717, 1.165) is 10.6 Å². The van der Waals surface area contributed by atoms with Crippen LogP contribution in [-0.4, -0.2) is 16.1 Å². The van der Waals surface area contributed by atoms with Crippen LogP contribution >= 0.6 is 11.3 Å². The Balaban J connectivity index is 1.91. The van der Waals surface area contributed by atoms with E-state index in [0.29, 0.717) is 16.8 Å². The van der Waals surface area contributed by atoms with Crippen molar-refractivity contribution in [2.75, 3.05) is 0 Å². The molecule has 0 fully saturated rings. The van der Waals surface area contributed by atoms with Gasteiger partial charge in [0, 0.05) is 11.1 Å². The number of amides is 1. The maximum atomic E-state index is 14.1. The number of H-pyrrole nitrogens is 1. The van der Waals surface area contributed by atoms with Gasteiger partial charge in [0.1, 0.15) is 5.82 Å². The Labute approximate surface area is 123 Å². The smallest absolute Gasteiger partial charge is 0.272 e. The van der Waals surface area contributed by atoms with E-state index in [9.17, 15) is 9.18 Å². The maximum Gasteiger partial charge on any atom is 0.272 e. The predicted molar refractivity (Wildman–Crippen MR) is 77.6 cm³/mol. The Morgan fingerprint density at radius 2 is 2.05 bits per heavy atom. The SMILES string of the molecule is O=C1N[C@H](c2ccccc2F)c2c1n[nH]c2-c1cccs1. The summed E-state index contributed by atoms with van der Waals surface area (Å²) in [5.41, 5.74) is 2.27. The van der Waals surface area contributed by atoms with Crippen molar-refractivity contribution in [2.45, 2.75) is 6.04 Å². The Bertz CT molecular complexity index is 825. The van der Waals surface area contributed by atoms with Crippen molar-refractivity contribution >= 4 is 17.2 Å². The van der Waals surface area contributed by atoms with E-state index in [2.05, 4.69) is 15.5 Å². The van der Waals surface area contributed by atoms with Gasteiger partial charge in [-0.25, -0.2) is 4.39 Å². The lowest BCUT2D eigenvalue weighted by atomic mass is 9.99. The third-order valence-corrected chi connectivity index (χ3v) is 4.45. The Morgan fingerprint density at radius 3 is 2.81 bits per heavy atom. The summed E-state index contributed by atoms with van der Waals surface area (Å²) in [7, 11) is 0. The quantitative estimate of drug-likeness (QED) is 0.764. The third kappa shape index (κ3) is 1.80. The molecule has 1 aromatic carbocycles. The van der Waals surface area contributed by atoms with Crippen LogP contribution in [0.5, 0.6) is 0 Å². The van der Waals surface area contributed by atoms with E-state index in [1.54, 1.807) is 29.5 Å². The number of benzene rings is 1. The van der Waals surface area contributed by atoms with E-state index < -0.39 is 6.04 Å². The van der Waals surface area contributed by atoms with E-state index in [-0.39, 0.29) is 11.7 Å². The number of hydrogen-bond acceptors (Lipinski definition) is 3. The van der Waals surface area contributed by atoms with Crippen molar-refractivity contribution in [3.05, 3.63) is 64.4 Å². The molecule has 4 rings (SSSR count). The summed E-state index contributed by atoms with van der Waals surface area (Å²) in [5.74, 6) is -0.619. The average Bonchev–Trinajstić information content (AvgIpc) is 3.18. The average molecular weight is 299 g/mol. The minimum atomic E-state index is -0.510. The van der Waals surface area contributed by atoms with Crippen molar-refractivity contribution in [1.29, 1.82) is 0 Å². The lowest BCUT2D eigenvalue weighted by Crippen LogP contribution is -2.21. The number of rotatable bonds is 2. The molecule has 0 saturated heterocycles. The highest BCUT2D eigenvalue weighted by atomic mass is 32.1. The summed E-state index contributed by atoms with van der Waals surface area (Å²) >= 11 is 1.55. The Hall–Kier alpha value is -2.47. The Morgan fingerprint density at radius 1 is 1.19 bits per heavy atom. The number of aromatic amines is 1. The van der Waals surface area contributed by atoms with Gasteiger partial charge in [0.05, 0.1) is 16.6 Å². The largest absolute Gasteiger partial charge is 0.339 e. The lowest BCUT2D eigenvalue weighted by Gasteiger charge is -2.13. The fourth-order valence-corrected chi connectivity index (χ4v) is 3.36. The third-order valence-electron chi connectivity index (χ3n) is 3.57. The summed E-state index contributed by atoms with van der Waals surface area (Å²) in [4.78, 5) is 13.0. The van der Waals surface area contributed by atoms with Crippen molar-refractivity contribution < 1.29 is 9.18 Å². The van der Waals surface area contributed by atoms with E-state index in [4.69, 9.17) is 0 Å². The van der Waals surface area contributed by atoms with Gasteiger partial charge in [-0.05, 0) is 17.5 Å². The zero-order chi connectivity index (χ0) is 14.4. The van der Waals surface area contributed by atoms with Gasteiger partial charge in [-0.15, -0.1) is 11.3 Å². The van der Waals surface area contributed by atoms with Crippen molar-refractivity contribution in [3.8, 4) is 10.6 Å². The first-order valence-electron chi connectivity index (χ1n) is 6.43.